The third-order valence-corrected chi connectivity index (χ3v) is 5.01. The first-order valence-electron chi connectivity index (χ1n) is 7.08. The summed E-state index contributed by atoms with van der Waals surface area (Å²) >= 11 is 1.83. The van der Waals surface area contributed by atoms with Gasteiger partial charge in [-0.3, -0.25) is 11.3 Å². The monoisotopic (exact) mass is 282 g/mol. The van der Waals surface area contributed by atoms with Crippen LogP contribution in [-0.4, -0.2) is 55.6 Å². The molecular weight excluding hydrogens is 256 g/mol. The van der Waals surface area contributed by atoms with E-state index in [1.165, 1.54) is 17.8 Å². The quantitative estimate of drug-likeness (QED) is 0.628. The van der Waals surface area contributed by atoms with E-state index in [-0.39, 0.29) is 0 Å². The molecule has 1 aromatic heterocycles. The molecule has 108 valence electrons. The van der Waals surface area contributed by atoms with Crippen molar-refractivity contribution in [3.63, 3.8) is 0 Å². The molecule has 5 heteroatoms. The molecule has 0 radical (unpaired) electrons. The number of aryl methyl sites for hydroxylation is 1. The summed E-state index contributed by atoms with van der Waals surface area (Å²) in [6, 6.07) is 5.18. The number of hydrazine groups is 1. The maximum atomic E-state index is 5.81. The summed E-state index contributed by atoms with van der Waals surface area (Å²) in [6.45, 7) is 3.44. The minimum Gasteiger partial charge on any atom is -0.305 e. The maximum Gasteiger partial charge on any atom is 0.0387 e. The molecule has 0 saturated carbocycles. The van der Waals surface area contributed by atoms with Crippen LogP contribution in [0.5, 0.6) is 0 Å². The normalized spacial score (nSPS) is 24.3. The first-order chi connectivity index (χ1) is 9.20. The average Bonchev–Trinajstić information content (AvgIpc) is 2.85. The van der Waals surface area contributed by atoms with Gasteiger partial charge in [0.15, 0.2) is 0 Å². The predicted molar refractivity (Wildman–Crippen MR) is 82.3 cm³/mol. The van der Waals surface area contributed by atoms with E-state index < -0.39 is 0 Å². The van der Waals surface area contributed by atoms with Gasteiger partial charge in [0.25, 0.3) is 0 Å². The van der Waals surface area contributed by atoms with Crippen molar-refractivity contribution in [1.29, 1.82) is 0 Å². The molecule has 3 N–H and O–H groups in total. The highest BCUT2D eigenvalue weighted by Crippen LogP contribution is 2.17. The minimum absolute atomic E-state index is 0.354. The fourth-order valence-corrected chi connectivity index (χ4v) is 3.60. The summed E-state index contributed by atoms with van der Waals surface area (Å²) in [5.74, 6) is 5.81. The number of rotatable bonds is 5. The van der Waals surface area contributed by atoms with Crippen LogP contribution < -0.4 is 11.3 Å². The van der Waals surface area contributed by atoms with Crippen molar-refractivity contribution in [2.45, 2.75) is 31.3 Å². The van der Waals surface area contributed by atoms with Crippen molar-refractivity contribution in [1.82, 2.24) is 15.2 Å². The van der Waals surface area contributed by atoms with E-state index in [0.717, 1.165) is 25.9 Å². The second-order valence-corrected chi connectivity index (χ2v) is 6.59. The lowest BCUT2D eigenvalue weighted by Crippen LogP contribution is -2.54. The summed E-state index contributed by atoms with van der Waals surface area (Å²) in [7, 11) is 4.43. The Balaban J connectivity index is 1.94. The van der Waals surface area contributed by atoms with Crippen LogP contribution in [0.1, 0.15) is 17.7 Å². The van der Waals surface area contributed by atoms with Crippen molar-refractivity contribution in [2.24, 2.45) is 5.84 Å². The molecule has 4 nitrogen and oxygen atoms in total. The van der Waals surface area contributed by atoms with Crippen LogP contribution in [-0.2, 0) is 6.42 Å². The van der Waals surface area contributed by atoms with Gasteiger partial charge in [-0.1, -0.05) is 6.07 Å². The second kappa shape index (κ2) is 7.36. The van der Waals surface area contributed by atoms with Gasteiger partial charge >= 0.3 is 0 Å². The third-order valence-electron chi connectivity index (χ3n) is 4.08. The molecule has 1 saturated heterocycles. The Morgan fingerprint density at radius 3 is 3.00 bits per heavy atom. The van der Waals surface area contributed by atoms with Crippen LogP contribution in [0, 0.1) is 0 Å². The SMILES string of the molecule is CN1CCCN(C)C(C(CCc2cccs2)NN)C1. The summed E-state index contributed by atoms with van der Waals surface area (Å²) in [5, 5.41) is 2.14. The molecule has 2 rings (SSSR count). The molecule has 2 heterocycles. The smallest absolute Gasteiger partial charge is 0.0387 e. The van der Waals surface area contributed by atoms with Crippen LogP contribution in [0.4, 0.5) is 0 Å². The van der Waals surface area contributed by atoms with Gasteiger partial charge < -0.3 is 9.80 Å². The Labute approximate surface area is 120 Å². The van der Waals surface area contributed by atoms with E-state index in [9.17, 15) is 0 Å². The molecule has 1 fully saturated rings. The zero-order valence-electron chi connectivity index (χ0n) is 12.0. The molecule has 2 unspecified atom stereocenters. The number of hydrogen-bond acceptors (Lipinski definition) is 5. The standard InChI is InChI=1S/C14H26N4S/c1-17-8-4-9-18(2)14(11-17)13(16-15)7-6-12-5-3-10-19-12/h3,5,10,13-14,16H,4,6-9,11,15H2,1-2H3. The van der Waals surface area contributed by atoms with E-state index in [4.69, 9.17) is 5.84 Å². The summed E-state index contributed by atoms with van der Waals surface area (Å²) in [5.41, 5.74) is 3.05. The minimum atomic E-state index is 0.354. The predicted octanol–water partition coefficient (Wildman–Crippen LogP) is 1.15. The number of nitrogens with zero attached hydrogens (tertiary/aromatic N) is 2. The molecule has 2 atom stereocenters. The lowest BCUT2D eigenvalue weighted by molar-refractivity contribution is 0.173. The summed E-state index contributed by atoms with van der Waals surface area (Å²) < 4.78 is 0. The Hall–Kier alpha value is -0.460. The second-order valence-electron chi connectivity index (χ2n) is 5.55. The van der Waals surface area contributed by atoms with E-state index in [2.05, 4.69) is 46.8 Å². The van der Waals surface area contributed by atoms with Gasteiger partial charge in [0, 0.05) is 23.5 Å². The fraction of sp³-hybridized carbons (Fsp3) is 0.714. The van der Waals surface area contributed by atoms with Crippen molar-refractivity contribution in [2.75, 3.05) is 33.7 Å². The highest BCUT2D eigenvalue weighted by Gasteiger charge is 2.27. The fourth-order valence-electron chi connectivity index (χ4n) is 2.88. The largest absolute Gasteiger partial charge is 0.305 e. The number of likely N-dealkylation sites (N-methyl/N-ethyl adjacent to an activating group) is 2. The van der Waals surface area contributed by atoms with Gasteiger partial charge in [-0.25, -0.2) is 0 Å². The van der Waals surface area contributed by atoms with E-state index in [0.29, 0.717) is 12.1 Å². The molecular formula is C14H26N4S. The number of thiophene rings is 1. The first kappa shape index (κ1) is 14.9. The lowest BCUT2D eigenvalue weighted by atomic mass is 10.0. The number of nitrogens with two attached hydrogens (primary N) is 1. The Bertz CT molecular complexity index is 354. The van der Waals surface area contributed by atoms with Gasteiger partial charge in [0.05, 0.1) is 0 Å². The van der Waals surface area contributed by atoms with Gasteiger partial charge in [-0.2, -0.15) is 0 Å². The van der Waals surface area contributed by atoms with E-state index in [1.54, 1.807) is 0 Å². The molecule has 0 amide bonds. The van der Waals surface area contributed by atoms with Crippen LogP contribution in [0.2, 0.25) is 0 Å². The molecule has 0 spiro atoms. The van der Waals surface area contributed by atoms with Crippen molar-refractivity contribution < 1.29 is 0 Å². The summed E-state index contributed by atoms with van der Waals surface area (Å²) in [6.07, 6.45) is 3.45. The molecule has 1 aromatic rings. The van der Waals surface area contributed by atoms with Gasteiger partial charge in [-0.05, 0) is 57.9 Å². The van der Waals surface area contributed by atoms with Crippen molar-refractivity contribution in [3.8, 4) is 0 Å². The Morgan fingerprint density at radius 2 is 2.32 bits per heavy atom. The van der Waals surface area contributed by atoms with Gasteiger partial charge in [-0.15, -0.1) is 11.3 Å². The lowest BCUT2D eigenvalue weighted by Gasteiger charge is -2.34. The van der Waals surface area contributed by atoms with Crippen molar-refractivity contribution >= 4 is 11.3 Å². The zero-order chi connectivity index (χ0) is 13.7. The highest BCUT2D eigenvalue weighted by atomic mass is 32.1. The topological polar surface area (TPSA) is 44.5 Å². The number of hydrogen-bond donors (Lipinski definition) is 2. The maximum absolute atomic E-state index is 5.81. The van der Waals surface area contributed by atoms with Crippen molar-refractivity contribution in [3.05, 3.63) is 22.4 Å². The molecule has 0 aliphatic carbocycles. The molecule has 0 aromatic carbocycles. The van der Waals surface area contributed by atoms with E-state index in [1.807, 2.05) is 11.3 Å². The molecule has 0 bridgehead atoms. The van der Waals surface area contributed by atoms with Crippen LogP contribution in [0.15, 0.2) is 17.5 Å². The van der Waals surface area contributed by atoms with Crippen LogP contribution in [0.25, 0.3) is 0 Å². The number of nitrogens with one attached hydrogen (secondary N) is 1. The molecule has 1 aliphatic heterocycles. The highest BCUT2D eigenvalue weighted by molar-refractivity contribution is 7.09. The average molecular weight is 282 g/mol. The molecule has 19 heavy (non-hydrogen) atoms. The van der Waals surface area contributed by atoms with Crippen LogP contribution >= 0.6 is 11.3 Å². The van der Waals surface area contributed by atoms with Gasteiger partial charge in [0.2, 0.25) is 0 Å². The first-order valence-corrected chi connectivity index (χ1v) is 7.96. The van der Waals surface area contributed by atoms with E-state index >= 15 is 0 Å². The molecule has 1 aliphatic rings. The zero-order valence-corrected chi connectivity index (χ0v) is 12.8. The third kappa shape index (κ3) is 4.26. The van der Waals surface area contributed by atoms with Gasteiger partial charge in [0.1, 0.15) is 0 Å². The van der Waals surface area contributed by atoms with Crippen LogP contribution in [0.3, 0.4) is 0 Å². The Morgan fingerprint density at radius 1 is 1.47 bits per heavy atom. The Kier molecular flexibility index (Phi) is 5.78. The summed E-state index contributed by atoms with van der Waals surface area (Å²) in [4.78, 5) is 6.33.